The van der Waals surface area contributed by atoms with E-state index in [0.717, 1.165) is 62.3 Å². The fourth-order valence-corrected chi connectivity index (χ4v) is 3.36. The normalized spacial score (nSPS) is 14.1. The average molecular weight is 526 g/mol. The lowest BCUT2D eigenvalue weighted by Gasteiger charge is -2.37. The molecular formula is C22H31IN4O3. The number of hydrogen-bond donors (Lipinski definition) is 2. The van der Waals surface area contributed by atoms with E-state index >= 15 is 0 Å². The fraction of sp³-hybridized carbons (Fsp3) is 0.409. The van der Waals surface area contributed by atoms with Crippen molar-refractivity contribution < 1.29 is 14.6 Å². The van der Waals surface area contributed by atoms with Crippen LogP contribution in [0.15, 0.2) is 53.5 Å². The van der Waals surface area contributed by atoms with Crippen LogP contribution in [0.25, 0.3) is 0 Å². The van der Waals surface area contributed by atoms with Gasteiger partial charge in [-0.1, -0.05) is 12.1 Å². The highest BCUT2D eigenvalue weighted by Crippen LogP contribution is 2.27. The smallest absolute Gasteiger partial charge is 0.193 e. The Balaban J connectivity index is 0.00000320. The molecule has 0 saturated carbocycles. The average Bonchev–Trinajstić information content (AvgIpc) is 2.77. The summed E-state index contributed by atoms with van der Waals surface area (Å²) in [6.07, 6.45) is 0.878. The quantitative estimate of drug-likeness (QED) is 0.250. The summed E-state index contributed by atoms with van der Waals surface area (Å²) < 4.78 is 10.9. The van der Waals surface area contributed by atoms with Crippen LogP contribution in [0.5, 0.6) is 17.2 Å². The van der Waals surface area contributed by atoms with E-state index in [1.54, 1.807) is 13.2 Å². The molecule has 1 heterocycles. The molecule has 0 atom stereocenters. The van der Waals surface area contributed by atoms with Crippen LogP contribution in [0.1, 0.15) is 6.42 Å². The molecule has 0 amide bonds. The summed E-state index contributed by atoms with van der Waals surface area (Å²) in [5.74, 6) is 2.91. The van der Waals surface area contributed by atoms with Gasteiger partial charge in [-0.3, -0.25) is 4.99 Å². The number of nitrogens with zero attached hydrogens (tertiary/aromatic N) is 3. The Bertz CT molecular complexity index is 793. The van der Waals surface area contributed by atoms with Crippen LogP contribution in [0.3, 0.4) is 0 Å². The highest BCUT2D eigenvalue weighted by atomic mass is 127. The minimum atomic E-state index is 0. The lowest BCUT2D eigenvalue weighted by atomic mass is 10.2. The highest BCUT2D eigenvalue weighted by Gasteiger charge is 2.21. The highest BCUT2D eigenvalue weighted by molar-refractivity contribution is 14.0. The number of phenolic OH excluding ortho intramolecular Hbond substituents is 1. The largest absolute Gasteiger partial charge is 0.506 e. The van der Waals surface area contributed by atoms with Gasteiger partial charge >= 0.3 is 0 Å². The van der Waals surface area contributed by atoms with Crippen LogP contribution in [-0.4, -0.2) is 69.5 Å². The molecule has 30 heavy (non-hydrogen) atoms. The molecule has 0 spiro atoms. The number of guanidine groups is 1. The lowest BCUT2D eigenvalue weighted by Crippen LogP contribution is -2.52. The molecule has 164 valence electrons. The van der Waals surface area contributed by atoms with Crippen LogP contribution in [0.4, 0.5) is 5.69 Å². The predicted octanol–water partition coefficient (Wildman–Crippen LogP) is 3.19. The third-order valence-electron chi connectivity index (χ3n) is 4.95. The predicted molar refractivity (Wildman–Crippen MR) is 132 cm³/mol. The number of para-hydroxylation sites is 2. The molecule has 3 rings (SSSR count). The topological polar surface area (TPSA) is 69.6 Å². The molecule has 1 aliphatic heterocycles. The van der Waals surface area contributed by atoms with Crippen LogP contribution in [0.2, 0.25) is 0 Å². The molecule has 1 aliphatic rings. The van der Waals surface area contributed by atoms with Gasteiger partial charge in [0.25, 0.3) is 0 Å². The molecule has 0 bridgehead atoms. The van der Waals surface area contributed by atoms with E-state index in [-0.39, 0.29) is 24.0 Å². The number of phenols is 1. The van der Waals surface area contributed by atoms with Gasteiger partial charge in [0.1, 0.15) is 17.2 Å². The lowest BCUT2D eigenvalue weighted by molar-refractivity contribution is 0.308. The van der Waals surface area contributed by atoms with Crippen LogP contribution < -0.4 is 19.7 Å². The molecule has 7 nitrogen and oxygen atoms in total. The van der Waals surface area contributed by atoms with E-state index < -0.39 is 0 Å². The van der Waals surface area contributed by atoms with E-state index in [9.17, 15) is 5.11 Å². The molecule has 0 aromatic heterocycles. The summed E-state index contributed by atoms with van der Waals surface area (Å²) in [5.41, 5.74) is 0.894. The number of ether oxygens (including phenoxy) is 2. The molecule has 2 N–H and O–H groups in total. The number of aromatic hydroxyl groups is 1. The first-order valence-electron chi connectivity index (χ1n) is 9.96. The van der Waals surface area contributed by atoms with Gasteiger partial charge in [0.2, 0.25) is 0 Å². The summed E-state index contributed by atoms with van der Waals surface area (Å²) in [7, 11) is 3.46. The van der Waals surface area contributed by atoms with Crippen molar-refractivity contribution in [3.63, 3.8) is 0 Å². The third kappa shape index (κ3) is 6.58. The second-order valence-electron chi connectivity index (χ2n) is 6.81. The molecule has 0 radical (unpaired) electrons. The standard InChI is InChI=1S/C22H30N4O3.HI/c1-23-22(24-12-5-17-29-19-10-8-18(28-2)9-11-19)26-15-13-25(14-16-26)20-6-3-4-7-21(20)27;/h3-4,6-11,27H,5,12-17H2,1-2H3,(H,23,24);1H. The molecule has 2 aromatic carbocycles. The zero-order valence-electron chi connectivity index (χ0n) is 17.6. The summed E-state index contributed by atoms with van der Waals surface area (Å²) >= 11 is 0. The molecule has 1 fully saturated rings. The molecule has 0 aliphatic carbocycles. The number of halogens is 1. The Morgan fingerprint density at radius 3 is 2.33 bits per heavy atom. The first-order valence-corrected chi connectivity index (χ1v) is 9.96. The summed E-state index contributed by atoms with van der Waals surface area (Å²) in [6, 6.07) is 15.1. The third-order valence-corrected chi connectivity index (χ3v) is 4.95. The second-order valence-corrected chi connectivity index (χ2v) is 6.81. The Morgan fingerprint density at radius 2 is 1.70 bits per heavy atom. The van der Waals surface area contributed by atoms with Gasteiger partial charge in [0, 0.05) is 39.8 Å². The van der Waals surface area contributed by atoms with Gasteiger partial charge in [0.05, 0.1) is 19.4 Å². The van der Waals surface area contributed by atoms with E-state index in [1.807, 2.05) is 49.5 Å². The van der Waals surface area contributed by atoms with Gasteiger partial charge in [0.15, 0.2) is 5.96 Å². The number of aliphatic imine (C=N–C) groups is 1. The molecular weight excluding hydrogens is 495 g/mol. The number of methoxy groups -OCH3 is 1. The Labute approximate surface area is 195 Å². The second kappa shape index (κ2) is 12.4. The zero-order chi connectivity index (χ0) is 20.5. The Hall–Kier alpha value is -2.36. The number of benzene rings is 2. The van der Waals surface area contributed by atoms with Crippen LogP contribution in [-0.2, 0) is 0 Å². The van der Waals surface area contributed by atoms with E-state index in [4.69, 9.17) is 9.47 Å². The maximum atomic E-state index is 10.0. The first kappa shape index (κ1) is 23.9. The van der Waals surface area contributed by atoms with E-state index in [1.165, 1.54) is 0 Å². The minimum absolute atomic E-state index is 0. The van der Waals surface area contributed by atoms with Crippen molar-refractivity contribution in [1.82, 2.24) is 10.2 Å². The van der Waals surface area contributed by atoms with E-state index in [2.05, 4.69) is 20.1 Å². The maximum absolute atomic E-state index is 10.0. The van der Waals surface area contributed by atoms with Crippen molar-refractivity contribution >= 4 is 35.6 Å². The molecule has 2 aromatic rings. The van der Waals surface area contributed by atoms with Gasteiger partial charge in [-0.05, 0) is 42.8 Å². The number of hydrogen-bond acceptors (Lipinski definition) is 5. The van der Waals surface area contributed by atoms with Crippen molar-refractivity contribution in [2.75, 3.05) is 58.4 Å². The van der Waals surface area contributed by atoms with Crippen LogP contribution >= 0.6 is 24.0 Å². The summed E-state index contributed by atoms with van der Waals surface area (Å²) in [6.45, 7) is 4.84. The van der Waals surface area contributed by atoms with Crippen molar-refractivity contribution in [2.24, 2.45) is 4.99 Å². The van der Waals surface area contributed by atoms with Crippen molar-refractivity contribution in [3.8, 4) is 17.2 Å². The Kier molecular flexibility index (Phi) is 9.85. The maximum Gasteiger partial charge on any atom is 0.193 e. The van der Waals surface area contributed by atoms with Crippen molar-refractivity contribution in [3.05, 3.63) is 48.5 Å². The molecule has 8 heteroatoms. The SMILES string of the molecule is CN=C(NCCCOc1ccc(OC)cc1)N1CCN(c2ccccc2O)CC1.I. The van der Waals surface area contributed by atoms with Crippen molar-refractivity contribution in [1.29, 1.82) is 0 Å². The summed E-state index contributed by atoms with van der Waals surface area (Å²) in [5, 5.41) is 13.5. The van der Waals surface area contributed by atoms with Gasteiger partial charge in [-0.15, -0.1) is 24.0 Å². The van der Waals surface area contributed by atoms with Gasteiger partial charge in [-0.2, -0.15) is 0 Å². The molecule has 0 unspecified atom stereocenters. The van der Waals surface area contributed by atoms with Gasteiger partial charge in [-0.25, -0.2) is 0 Å². The molecule has 1 saturated heterocycles. The minimum Gasteiger partial charge on any atom is -0.506 e. The van der Waals surface area contributed by atoms with Gasteiger partial charge < -0.3 is 29.7 Å². The van der Waals surface area contributed by atoms with Crippen LogP contribution in [0, 0.1) is 0 Å². The Morgan fingerprint density at radius 1 is 1.03 bits per heavy atom. The number of piperazine rings is 1. The summed E-state index contributed by atoms with van der Waals surface area (Å²) in [4.78, 5) is 8.87. The first-order chi connectivity index (χ1) is 14.2. The number of anilines is 1. The van der Waals surface area contributed by atoms with Crippen molar-refractivity contribution in [2.45, 2.75) is 6.42 Å². The number of nitrogens with one attached hydrogen (secondary N) is 1. The van der Waals surface area contributed by atoms with E-state index in [0.29, 0.717) is 12.4 Å². The monoisotopic (exact) mass is 526 g/mol. The fourth-order valence-electron chi connectivity index (χ4n) is 3.36. The number of rotatable bonds is 7. The zero-order valence-corrected chi connectivity index (χ0v) is 19.9.